The lowest BCUT2D eigenvalue weighted by Crippen LogP contribution is -2.37. The highest BCUT2D eigenvalue weighted by Gasteiger charge is 2.44. The van der Waals surface area contributed by atoms with Crippen molar-refractivity contribution in [2.75, 3.05) is 21.1 Å². The summed E-state index contributed by atoms with van der Waals surface area (Å²) in [6.07, 6.45) is 5.32. The van der Waals surface area contributed by atoms with Gasteiger partial charge in [-0.2, -0.15) is 0 Å². The van der Waals surface area contributed by atoms with Gasteiger partial charge >= 0.3 is 0 Å². The number of carbonyl (C=O) groups is 1. The van der Waals surface area contributed by atoms with E-state index < -0.39 is 0 Å². The van der Waals surface area contributed by atoms with Crippen LogP contribution in [0.15, 0.2) is 4.52 Å². The predicted octanol–water partition coefficient (Wildman–Crippen LogP) is 2.41. The molecule has 0 spiro atoms. The van der Waals surface area contributed by atoms with Crippen LogP contribution in [0.5, 0.6) is 0 Å². The van der Waals surface area contributed by atoms with Gasteiger partial charge in [-0.1, -0.05) is 5.16 Å². The van der Waals surface area contributed by atoms with Crippen LogP contribution in [0.4, 0.5) is 0 Å². The average molecular weight is 319 g/mol. The van der Waals surface area contributed by atoms with Gasteiger partial charge in [-0.05, 0) is 65.5 Å². The first-order valence-corrected chi connectivity index (χ1v) is 8.70. The van der Waals surface area contributed by atoms with Gasteiger partial charge in [0.15, 0.2) is 0 Å². The van der Waals surface area contributed by atoms with Crippen LogP contribution in [0.3, 0.4) is 0 Å². The number of hydrogen-bond donors (Lipinski definition) is 0. The van der Waals surface area contributed by atoms with Crippen LogP contribution in [-0.2, 0) is 11.2 Å². The van der Waals surface area contributed by atoms with Gasteiger partial charge in [-0.15, -0.1) is 0 Å². The van der Waals surface area contributed by atoms with E-state index in [1.807, 2.05) is 25.8 Å². The number of carbonyl (C=O) groups excluding carboxylic acids is 1. The Balaban J connectivity index is 1.58. The van der Waals surface area contributed by atoms with E-state index in [1.165, 1.54) is 25.7 Å². The van der Waals surface area contributed by atoms with Gasteiger partial charge in [-0.3, -0.25) is 4.79 Å². The molecule has 128 valence electrons. The standard InChI is InChI=1S/C18H29N3O2/c1-11-17(12(2)23-19-11)10-18(22)21(5)16-8-13-6-15(20(3)4)7-14(13)9-16/h13-16H,6-10H2,1-5H3/t13-,14+,15?,16?. The maximum atomic E-state index is 12.6. The van der Waals surface area contributed by atoms with Crippen molar-refractivity contribution < 1.29 is 9.32 Å². The SMILES string of the molecule is Cc1noc(C)c1CC(=O)N(C)C1C[C@H]2CC(N(C)C)C[C@H]2C1. The molecular formula is C18H29N3O2. The molecule has 0 N–H and O–H groups in total. The summed E-state index contributed by atoms with van der Waals surface area (Å²) in [6, 6.07) is 1.13. The fraction of sp³-hybridized carbons (Fsp3) is 0.778. The molecule has 2 aliphatic rings. The van der Waals surface area contributed by atoms with Crippen LogP contribution in [0.1, 0.15) is 42.7 Å². The van der Waals surface area contributed by atoms with Crippen LogP contribution in [-0.4, -0.2) is 54.1 Å². The topological polar surface area (TPSA) is 49.6 Å². The van der Waals surface area contributed by atoms with Gasteiger partial charge in [0.25, 0.3) is 0 Å². The van der Waals surface area contributed by atoms with E-state index in [1.54, 1.807) is 0 Å². The molecule has 1 heterocycles. The molecule has 2 fully saturated rings. The molecular weight excluding hydrogens is 290 g/mol. The van der Waals surface area contributed by atoms with Crippen molar-refractivity contribution in [2.24, 2.45) is 11.8 Å². The molecule has 3 rings (SSSR count). The van der Waals surface area contributed by atoms with Crippen molar-refractivity contribution in [3.63, 3.8) is 0 Å². The highest BCUT2D eigenvalue weighted by molar-refractivity contribution is 5.79. The van der Waals surface area contributed by atoms with Crippen LogP contribution in [0.25, 0.3) is 0 Å². The molecule has 0 bridgehead atoms. The Morgan fingerprint density at radius 2 is 1.65 bits per heavy atom. The highest BCUT2D eigenvalue weighted by Crippen LogP contribution is 2.46. The van der Waals surface area contributed by atoms with E-state index >= 15 is 0 Å². The van der Waals surface area contributed by atoms with E-state index in [-0.39, 0.29) is 5.91 Å². The minimum absolute atomic E-state index is 0.188. The number of amides is 1. The third-order valence-electron chi connectivity index (χ3n) is 6.15. The van der Waals surface area contributed by atoms with E-state index in [9.17, 15) is 4.79 Å². The summed E-state index contributed by atoms with van der Waals surface area (Å²) < 4.78 is 5.17. The summed E-state index contributed by atoms with van der Waals surface area (Å²) in [6.45, 7) is 3.78. The fourth-order valence-electron chi connectivity index (χ4n) is 4.52. The molecule has 0 saturated heterocycles. The smallest absolute Gasteiger partial charge is 0.227 e. The minimum Gasteiger partial charge on any atom is -0.361 e. The summed E-state index contributed by atoms with van der Waals surface area (Å²) in [5.74, 6) is 2.54. The minimum atomic E-state index is 0.188. The highest BCUT2D eigenvalue weighted by atomic mass is 16.5. The van der Waals surface area contributed by atoms with Crippen molar-refractivity contribution in [1.29, 1.82) is 0 Å². The second-order valence-electron chi connectivity index (χ2n) is 7.72. The molecule has 5 nitrogen and oxygen atoms in total. The first-order valence-electron chi connectivity index (χ1n) is 8.70. The summed E-state index contributed by atoms with van der Waals surface area (Å²) in [4.78, 5) is 17.0. The molecule has 0 aromatic carbocycles. The average Bonchev–Trinajstić information content (AvgIpc) is 3.14. The molecule has 1 amide bonds. The Kier molecular flexibility index (Phi) is 4.50. The molecule has 5 heteroatoms. The lowest BCUT2D eigenvalue weighted by atomic mass is 10.0. The van der Waals surface area contributed by atoms with Crippen LogP contribution >= 0.6 is 0 Å². The Labute approximate surface area is 139 Å². The lowest BCUT2D eigenvalue weighted by Gasteiger charge is -2.27. The predicted molar refractivity (Wildman–Crippen MR) is 89.2 cm³/mol. The van der Waals surface area contributed by atoms with Crippen LogP contribution in [0, 0.1) is 25.7 Å². The fourth-order valence-corrected chi connectivity index (χ4v) is 4.52. The molecule has 1 aromatic rings. The zero-order valence-corrected chi connectivity index (χ0v) is 15.0. The Hall–Kier alpha value is -1.36. The Morgan fingerprint density at radius 1 is 1.09 bits per heavy atom. The van der Waals surface area contributed by atoms with E-state index in [4.69, 9.17) is 4.52 Å². The Morgan fingerprint density at radius 3 is 2.13 bits per heavy atom. The van der Waals surface area contributed by atoms with Gasteiger partial charge < -0.3 is 14.3 Å². The van der Waals surface area contributed by atoms with Crippen molar-refractivity contribution in [3.05, 3.63) is 17.0 Å². The van der Waals surface area contributed by atoms with Crippen molar-refractivity contribution >= 4 is 5.91 Å². The number of nitrogens with zero attached hydrogens (tertiary/aromatic N) is 3. The quantitative estimate of drug-likeness (QED) is 0.855. The molecule has 2 aliphatic carbocycles. The monoisotopic (exact) mass is 319 g/mol. The maximum absolute atomic E-state index is 12.6. The van der Waals surface area contributed by atoms with Gasteiger partial charge in [0.2, 0.25) is 5.91 Å². The number of hydrogen-bond acceptors (Lipinski definition) is 4. The third-order valence-corrected chi connectivity index (χ3v) is 6.15. The largest absolute Gasteiger partial charge is 0.361 e. The third kappa shape index (κ3) is 3.16. The second kappa shape index (κ2) is 6.27. The molecule has 23 heavy (non-hydrogen) atoms. The molecule has 2 saturated carbocycles. The molecule has 0 aliphatic heterocycles. The van der Waals surface area contributed by atoms with Crippen molar-refractivity contribution in [3.8, 4) is 0 Å². The summed E-state index contributed by atoms with van der Waals surface area (Å²) in [7, 11) is 6.33. The summed E-state index contributed by atoms with van der Waals surface area (Å²) >= 11 is 0. The number of fused-ring (bicyclic) bond motifs is 1. The van der Waals surface area contributed by atoms with Crippen molar-refractivity contribution in [2.45, 2.75) is 58.0 Å². The zero-order valence-electron chi connectivity index (χ0n) is 15.0. The van der Waals surface area contributed by atoms with E-state index in [0.717, 1.165) is 34.9 Å². The van der Waals surface area contributed by atoms with Gasteiger partial charge in [0.05, 0.1) is 12.1 Å². The maximum Gasteiger partial charge on any atom is 0.227 e. The number of rotatable bonds is 4. The summed E-state index contributed by atoms with van der Waals surface area (Å²) in [5, 5.41) is 3.95. The van der Waals surface area contributed by atoms with Crippen molar-refractivity contribution in [1.82, 2.24) is 15.0 Å². The first-order chi connectivity index (χ1) is 10.9. The molecule has 4 atom stereocenters. The Bertz CT molecular complexity index is 547. The number of aromatic nitrogens is 1. The van der Waals surface area contributed by atoms with Gasteiger partial charge in [0, 0.05) is 24.7 Å². The first kappa shape index (κ1) is 16.5. The summed E-state index contributed by atoms with van der Waals surface area (Å²) in [5.41, 5.74) is 1.79. The van der Waals surface area contributed by atoms with E-state index in [2.05, 4.69) is 24.2 Å². The van der Waals surface area contributed by atoms with E-state index in [0.29, 0.717) is 12.5 Å². The van der Waals surface area contributed by atoms with Gasteiger partial charge in [-0.25, -0.2) is 0 Å². The van der Waals surface area contributed by atoms with Crippen LogP contribution in [0.2, 0.25) is 0 Å². The molecule has 1 aromatic heterocycles. The van der Waals surface area contributed by atoms with Crippen LogP contribution < -0.4 is 0 Å². The molecule has 0 radical (unpaired) electrons. The van der Waals surface area contributed by atoms with Gasteiger partial charge in [0.1, 0.15) is 5.76 Å². The second-order valence-corrected chi connectivity index (χ2v) is 7.72. The lowest BCUT2D eigenvalue weighted by molar-refractivity contribution is -0.131. The number of likely N-dealkylation sites (N-methyl/N-ethyl adjacent to an activating group) is 1. The number of aryl methyl sites for hydroxylation is 2. The molecule has 2 unspecified atom stereocenters. The zero-order chi connectivity index (χ0) is 16.7. The normalized spacial score (nSPS) is 30.0.